The van der Waals surface area contributed by atoms with Crippen LogP contribution >= 0.6 is 27.5 Å². The lowest BCUT2D eigenvalue weighted by molar-refractivity contribution is 0.0681. The van der Waals surface area contributed by atoms with Crippen molar-refractivity contribution < 1.29 is 9.90 Å². The number of carbonyl (C=O) groups is 1. The molecule has 5 heteroatoms. The van der Waals surface area contributed by atoms with Gasteiger partial charge in [-0.1, -0.05) is 11.6 Å². The molecule has 0 aromatic heterocycles. The molecule has 1 aromatic carbocycles. The molecule has 0 radical (unpaired) electrons. The summed E-state index contributed by atoms with van der Waals surface area (Å²) < 4.78 is 0.693. The standard InChI is InChI=1S/C11H13BrClNO2/c1-7(6-15)14(2)11(16)9-5-8(13)3-4-10(9)12/h3-5,7,15H,6H2,1-2H3. The Hall–Kier alpha value is -0.580. The molecule has 0 saturated carbocycles. The van der Waals surface area contributed by atoms with Gasteiger partial charge in [-0.3, -0.25) is 4.79 Å². The van der Waals surface area contributed by atoms with Crippen molar-refractivity contribution in [2.24, 2.45) is 0 Å². The Morgan fingerprint density at radius 3 is 2.81 bits per heavy atom. The summed E-state index contributed by atoms with van der Waals surface area (Å²) in [6.07, 6.45) is 0. The molecule has 1 unspecified atom stereocenters. The fourth-order valence-corrected chi connectivity index (χ4v) is 1.76. The van der Waals surface area contributed by atoms with E-state index in [4.69, 9.17) is 16.7 Å². The Labute approximate surface area is 108 Å². The molecule has 0 saturated heterocycles. The van der Waals surface area contributed by atoms with Gasteiger partial charge in [-0.05, 0) is 41.1 Å². The maximum absolute atomic E-state index is 12.0. The van der Waals surface area contributed by atoms with Crippen LogP contribution in [-0.2, 0) is 0 Å². The molecule has 1 atom stereocenters. The van der Waals surface area contributed by atoms with Crippen LogP contribution in [0.25, 0.3) is 0 Å². The van der Waals surface area contributed by atoms with Gasteiger partial charge >= 0.3 is 0 Å². The molecule has 0 bridgehead atoms. The van der Waals surface area contributed by atoms with Crippen molar-refractivity contribution in [2.45, 2.75) is 13.0 Å². The van der Waals surface area contributed by atoms with Gasteiger partial charge in [-0.25, -0.2) is 0 Å². The van der Waals surface area contributed by atoms with Crippen molar-refractivity contribution in [1.29, 1.82) is 0 Å². The number of halogens is 2. The summed E-state index contributed by atoms with van der Waals surface area (Å²) in [7, 11) is 1.65. The van der Waals surface area contributed by atoms with Crippen LogP contribution in [0.2, 0.25) is 5.02 Å². The van der Waals surface area contributed by atoms with Crippen LogP contribution in [0.5, 0.6) is 0 Å². The average molecular weight is 307 g/mol. The maximum Gasteiger partial charge on any atom is 0.255 e. The van der Waals surface area contributed by atoms with Gasteiger partial charge in [0.05, 0.1) is 18.2 Å². The van der Waals surface area contributed by atoms with Gasteiger partial charge in [0, 0.05) is 16.5 Å². The minimum absolute atomic E-state index is 0.0690. The van der Waals surface area contributed by atoms with Crippen molar-refractivity contribution >= 4 is 33.4 Å². The van der Waals surface area contributed by atoms with E-state index in [0.29, 0.717) is 15.1 Å². The normalized spacial score (nSPS) is 12.3. The van der Waals surface area contributed by atoms with Crippen molar-refractivity contribution in [3.63, 3.8) is 0 Å². The van der Waals surface area contributed by atoms with E-state index in [2.05, 4.69) is 15.9 Å². The van der Waals surface area contributed by atoms with Gasteiger partial charge in [0.15, 0.2) is 0 Å². The van der Waals surface area contributed by atoms with E-state index in [1.165, 1.54) is 4.90 Å². The fraction of sp³-hybridized carbons (Fsp3) is 0.364. The summed E-state index contributed by atoms with van der Waals surface area (Å²) in [5.74, 6) is -0.170. The zero-order valence-corrected chi connectivity index (χ0v) is 11.4. The Kier molecular flexibility index (Phi) is 4.77. The number of rotatable bonds is 3. The predicted molar refractivity (Wildman–Crippen MR) is 67.8 cm³/mol. The Balaban J connectivity index is 3.00. The zero-order chi connectivity index (χ0) is 12.3. The lowest BCUT2D eigenvalue weighted by atomic mass is 10.2. The fourth-order valence-electron chi connectivity index (χ4n) is 1.17. The third-order valence-corrected chi connectivity index (χ3v) is 3.33. The molecule has 0 aliphatic rings. The van der Waals surface area contributed by atoms with E-state index in [9.17, 15) is 4.79 Å². The molecule has 1 amide bonds. The Morgan fingerprint density at radius 2 is 2.25 bits per heavy atom. The van der Waals surface area contributed by atoms with Crippen molar-refractivity contribution in [3.05, 3.63) is 33.3 Å². The average Bonchev–Trinajstić information content (AvgIpc) is 2.29. The number of benzene rings is 1. The number of hydrogen-bond donors (Lipinski definition) is 1. The highest BCUT2D eigenvalue weighted by molar-refractivity contribution is 9.10. The minimum Gasteiger partial charge on any atom is -0.394 e. The zero-order valence-electron chi connectivity index (χ0n) is 9.08. The summed E-state index contributed by atoms with van der Waals surface area (Å²) >= 11 is 9.14. The minimum atomic E-state index is -0.224. The molecule has 0 fully saturated rings. The number of likely N-dealkylation sites (N-methyl/N-ethyl adjacent to an activating group) is 1. The first-order valence-corrected chi connectivity index (χ1v) is 5.97. The lowest BCUT2D eigenvalue weighted by Gasteiger charge is -2.23. The largest absolute Gasteiger partial charge is 0.394 e. The number of carbonyl (C=O) groups excluding carboxylic acids is 1. The highest BCUT2D eigenvalue weighted by Gasteiger charge is 2.19. The third kappa shape index (κ3) is 2.97. The summed E-state index contributed by atoms with van der Waals surface area (Å²) in [4.78, 5) is 13.5. The number of aliphatic hydroxyl groups is 1. The highest BCUT2D eigenvalue weighted by Crippen LogP contribution is 2.22. The second-order valence-electron chi connectivity index (χ2n) is 3.57. The molecular weight excluding hydrogens is 293 g/mol. The highest BCUT2D eigenvalue weighted by atomic mass is 79.9. The van der Waals surface area contributed by atoms with E-state index in [0.717, 1.165) is 0 Å². The molecule has 1 rings (SSSR count). The summed E-state index contributed by atoms with van der Waals surface area (Å²) in [5, 5.41) is 9.50. The third-order valence-electron chi connectivity index (χ3n) is 2.40. The van der Waals surface area contributed by atoms with Gasteiger partial charge in [0.2, 0.25) is 0 Å². The van der Waals surface area contributed by atoms with Crippen LogP contribution in [0.1, 0.15) is 17.3 Å². The predicted octanol–water partition coefficient (Wildman–Crippen LogP) is 2.56. The van der Waals surface area contributed by atoms with Crippen molar-refractivity contribution in [2.75, 3.05) is 13.7 Å². The topological polar surface area (TPSA) is 40.5 Å². The molecule has 1 aromatic rings. The molecule has 0 heterocycles. The molecule has 3 nitrogen and oxygen atoms in total. The van der Waals surface area contributed by atoms with Crippen LogP contribution in [0.15, 0.2) is 22.7 Å². The quantitative estimate of drug-likeness (QED) is 0.932. The van der Waals surface area contributed by atoms with Gasteiger partial charge in [0.25, 0.3) is 5.91 Å². The van der Waals surface area contributed by atoms with Gasteiger partial charge in [0.1, 0.15) is 0 Å². The molecule has 0 aliphatic carbocycles. The first-order valence-electron chi connectivity index (χ1n) is 4.80. The number of aliphatic hydroxyl groups excluding tert-OH is 1. The van der Waals surface area contributed by atoms with E-state index >= 15 is 0 Å². The van der Waals surface area contributed by atoms with Gasteiger partial charge in [-0.15, -0.1) is 0 Å². The molecule has 1 N–H and O–H groups in total. The van der Waals surface area contributed by atoms with Crippen LogP contribution in [0.3, 0.4) is 0 Å². The summed E-state index contributed by atoms with van der Waals surface area (Å²) in [6, 6.07) is 4.82. The monoisotopic (exact) mass is 305 g/mol. The molecule has 16 heavy (non-hydrogen) atoms. The van der Waals surface area contributed by atoms with Gasteiger partial charge in [-0.2, -0.15) is 0 Å². The van der Waals surface area contributed by atoms with E-state index in [1.54, 1.807) is 32.2 Å². The second kappa shape index (κ2) is 5.66. The SMILES string of the molecule is CC(CO)N(C)C(=O)c1cc(Cl)ccc1Br. The van der Waals surface area contributed by atoms with Crippen LogP contribution < -0.4 is 0 Å². The Bertz CT molecular complexity index is 398. The smallest absolute Gasteiger partial charge is 0.255 e. The molecule has 0 aliphatic heterocycles. The van der Waals surface area contributed by atoms with E-state index in [-0.39, 0.29) is 18.6 Å². The van der Waals surface area contributed by atoms with Crippen molar-refractivity contribution in [3.8, 4) is 0 Å². The van der Waals surface area contributed by atoms with E-state index in [1.807, 2.05) is 0 Å². The van der Waals surface area contributed by atoms with Crippen LogP contribution in [-0.4, -0.2) is 35.6 Å². The first-order chi connectivity index (χ1) is 7.47. The summed E-state index contributed by atoms with van der Waals surface area (Å²) in [6.45, 7) is 1.71. The number of nitrogens with zero attached hydrogens (tertiary/aromatic N) is 1. The number of amides is 1. The second-order valence-corrected chi connectivity index (χ2v) is 4.86. The molecule has 0 spiro atoms. The summed E-state index contributed by atoms with van der Waals surface area (Å²) in [5.41, 5.74) is 0.496. The Morgan fingerprint density at radius 1 is 1.62 bits per heavy atom. The number of hydrogen-bond acceptors (Lipinski definition) is 2. The molecular formula is C11H13BrClNO2. The van der Waals surface area contributed by atoms with E-state index < -0.39 is 0 Å². The van der Waals surface area contributed by atoms with Crippen LogP contribution in [0, 0.1) is 0 Å². The first kappa shape index (κ1) is 13.5. The molecule has 88 valence electrons. The van der Waals surface area contributed by atoms with Crippen LogP contribution in [0.4, 0.5) is 0 Å². The lowest BCUT2D eigenvalue weighted by Crippen LogP contribution is -2.37. The maximum atomic E-state index is 12.0. The van der Waals surface area contributed by atoms with Gasteiger partial charge < -0.3 is 10.0 Å². The van der Waals surface area contributed by atoms with Crippen molar-refractivity contribution in [1.82, 2.24) is 4.90 Å².